The van der Waals surface area contributed by atoms with E-state index in [1.165, 1.54) is 0 Å². The third-order valence-corrected chi connectivity index (χ3v) is 2.89. The number of carbonyl (C=O) groups is 1. The van der Waals surface area contributed by atoms with Crippen molar-refractivity contribution in [2.24, 2.45) is 0 Å². The van der Waals surface area contributed by atoms with Crippen molar-refractivity contribution in [1.29, 1.82) is 0 Å². The first-order valence-corrected chi connectivity index (χ1v) is 6.62. The Morgan fingerprint density at radius 2 is 2.05 bits per heavy atom. The number of aryl methyl sites for hydroxylation is 1. The van der Waals surface area contributed by atoms with Crippen LogP contribution < -0.4 is 5.32 Å². The van der Waals surface area contributed by atoms with E-state index in [1.54, 1.807) is 24.5 Å². The van der Waals surface area contributed by atoms with E-state index in [4.69, 9.17) is 5.11 Å². The van der Waals surface area contributed by atoms with Crippen LogP contribution in [0.3, 0.4) is 0 Å². The average molecular weight is 280 g/mol. The molecule has 4 nitrogen and oxygen atoms in total. The molecule has 0 unspecified atom stereocenters. The molecule has 0 bridgehead atoms. The van der Waals surface area contributed by atoms with Crippen molar-refractivity contribution in [1.82, 2.24) is 4.98 Å². The normalized spacial score (nSPS) is 9.62. The van der Waals surface area contributed by atoms with Gasteiger partial charge in [-0.05, 0) is 42.8 Å². The Labute approximate surface area is 123 Å². The molecule has 2 rings (SSSR count). The van der Waals surface area contributed by atoms with Gasteiger partial charge in [-0.25, -0.2) is 0 Å². The highest BCUT2D eigenvalue weighted by atomic mass is 16.2. The quantitative estimate of drug-likeness (QED) is 0.849. The number of nitrogens with zero attached hydrogens (tertiary/aromatic N) is 1. The minimum atomic E-state index is -0.170. The molecule has 1 aromatic heterocycles. The largest absolute Gasteiger partial charge is 0.395 e. The number of pyridine rings is 1. The molecule has 0 saturated carbocycles. The summed E-state index contributed by atoms with van der Waals surface area (Å²) in [5.74, 6) is 5.71. The Balaban J connectivity index is 2.11. The molecule has 1 heterocycles. The minimum Gasteiger partial charge on any atom is -0.395 e. The van der Waals surface area contributed by atoms with E-state index in [0.29, 0.717) is 12.0 Å². The van der Waals surface area contributed by atoms with E-state index in [1.807, 2.05) is 25.1 Å². The van der Waals surface area contributed by atoms with Crippen molar-refractivity contribution in [2.75, 3.05) is 11.9 Å². The third-order valence-electron chi connectivity index (χ3n) is 2.89. The average Bonchev–Trinajstić information content (AvgIpc) is 2.50. The number of rotatable bonds is 3. The maximum Gasteiger partial charge on any atom is 0.255 e. The molecule has 2 N–H and O–H groups in total. The number of benzene rings is 1. The molecular formula is C17H16N2O2. The second-order valence-corrected chi connectivity index (χ2v) is 4.50. The highest BCUT2D eigenvalue weighted by Gasteiger charge is 2.06. The fourth-order valence-corrected chi connectivity index (χ4v) is 1.80. The van der Waals surface area contributed by atoms with Gasteiger partial charge in [0.1, 0.15) is 0 Å². The maximum atomic E-state index is 12.0. The lowest BCUT2D eigenvalue weighted by Crippen LogP contribution is -2.11. The lowest BCUT2D eigenvalue weighted by atomic mass is 10.1. The van der Waals surface area contributed by atoms with Crippen LogP contribution in [0.15, 0.2) is 42.7 Å². The number of nitrogens with one attached hydrogen (secondary N) is 1. The molecule has 0 saturated heterocycles. The summed E-state index contributed by atoms with van der Waals surface area (Å²) >= 11 is 0. The van der Waals surface area contributed by atoms with Crippen LogP contribution >= 0.6 is 0 Å². The summed E-state index contributed by atoms with van der Waals surface area (Å²) in [7, 11) is 0. The van der Waals surface area contributed by atoms with Gasteiger partial charge in [-0.1, -0.05) is 11.8 Å². The van der Waals surface area contributed by atoms with E-state index in [0.717, 1.165) is 16.8 Å². The molecule has 2 aromatic rings. The Bertz CT molecular complexity index is 685. The zero-order chi connectivity index (χ0) is 15.1. The van der Waals surface area contributed by atoms with E-state index < -0.39 is 0 Å². The van der Waals surface area contributed by atoms with Gasteiger partial charge in [0, 0.05) is 35.6 Å². The van der Waals surface area contributed by atoms with Gasteiger partial charge in [-0.2, -0.15) is 0 Å². The Morgan fingerprint density at radius 1 is 1.29 bits per heavy atom. The summed E-state index contributed by atoms with van der Waals surface area (Å²) in [5, 5.41) is 11.5. The summed E-state index contributed by atoms with van der Waals surface area (Å²) in [6, 6.07) is 8.88. The van der Waals surface area contributed by atoms with Gasteiger partial charge >= 0.3 is 0 Å². The number of carbonyl (C=O) groups excluding carboxylic acids is 1. The molecule has 0 aliphatic rings. The van der Waals surface area contributed by atoms with Gasteiger partial charge in [0.2, 0.25) is 0 Å². The molecule has 0 aliphatic heterocycles. The second-order valence-electron chi connectivity index (χ2n) is 4.50. The summed E-state index contributed by atoms with van der Waals surface area (Å²) in [6.45, 7) is 2.00. The summed E-state index contributed by atoms with van der Waals surface area (Å²) < 4.78 is 0. The first-order chi connectivity index (χ1) is 10.2. The molecule has 0 aliphatic carbocycles. The minimum absolute atomic E-state index is 0.0616. The number of hydrogen-bond acceptors (Lipinski definition) is 3. The number of aliphatic hydroxyl groups is 1. The first kappa shape index (κ1) is 14.8. The van der Waals surface area contributed by atoms with Crippen molar-refractivity contribution < 1.29 is 9.90 Å². The van der Waals surface area contributed by atoms with Crippen LogP contribution in [0.5, 0.6) is 0 Å². The van der Waals surface area contributed by atoms with Crippen molar-refractivity contribution in [3.63, 3.8) is 0 Å². The first-order valence-electron chi connectivity index (χ1n) is 6.62. The predicted molar refractivity (Wildman–Crippen MR) is 82.0 cm³/mol. The third kappa shape index (κ3) is 4.16. The highest BCUT2D eigenvalue weighted by molar-refractivity contribution is 6.04. The van der Waals surface area contributed by atoms with E-state index in [2.05, 4.69) is 22.1 Å². The Morgan fingerprint density at radius 3 is 2.71 bits per heavy atom. The second kappa shape index (κ2) is 7.22. The molecule has 1 amide bonds. The lowest BCUT2D eigenvalue weighted by molar-refractivity contribution is 0.102. The van der Waals surface area contributed by atoms with Crippen LogP contribution in [0.4, 0.5) is 5.69 Å². The molecular weight excluding hydrogens is 264 g/mol. The number of aromatic nitrogens is 1. The molecule has 21 heavy (non-hydrogen) atoms. The maximum absolute atomic E-state index is 12.0. The van der Waals surface area contributed by atoms with Crippen LogP contribution in [-0.2, 0) is 0 Å². The van der Waals surface area contributed by atoms with E-state index in [-0.39, 0.29) is 12.5 Å². The number of aliphatic hydroxyl groups excluding tert-OH is 1. The fourth-order valence-electron chi connectivity index (χ4n) is 1.80. The van der Waals surface area contributed by atoms with Crippen molar-refractivity contribution in [3.05, 3.63) is 59.4 Å². The monoisotopic (exact) mass is 280 g/mol. The van der Waals surface area contributed by atoms with Crippen molar-refractivity contribution >= 4 is 11.6 Å². The van der Waals surface area contributed by atoms with Crippen LogP contribution in [0.25, 0.3) is 0 Å². The van der Waals surface area contributed by atoms with Gasteiger partial charge in [0.05, 0.1) is 6.61 Å². The van der Waals surface area contributed by atoms with Crippen LogP contribution in [0.2, 0.25) is 0 Å². The van der Waals surface area contributed by atoms with Gasteiger partial charge in [0.15, 0.2) is 0 Å². The molecule has 0 spiro atoms. The molecule has 0 radical (unpaired) electrons. The molecule has 1 aromatic carbocycles. The molecule has 0 fully saturated rings. The van der Waals surface area contributed by atoms with Crippen molar-refractivity contribution in [2.45, 2.75) is 13.3 Å². The summed E-state index contributed by atoms with van der Waals surface area (Å²) in [5.41, 5.74) is 3.16. The van der Waals surface area contributed by atoms with Crippen LogP contribution in [0.1, 0.15) is 27.9 Å². The predicted octanol–water partition coefficient (Wildman–Crippen LogP) is 2.38. The van der Waals surface area contributed by atoms with Crippen molar-refractivity contribution in [3.8, 4) is 11.8 Å². The van der Waals surface area contributed by atoms with Crippen LogP contribution in [0, 0.1) is 18.8 Å². The lowest BCUT2D eigenvalue weighted by Gasteiger charge is -2.07. The summed E-state index contributed by atoms with van der Waals surface area (Å²) in [4.78, 5) is 15.9. The smallest absolute Gasteiger partial charge is 0.255 e. The van der Waals surface area contributed by atoms with Gasteiger partial charge in [-0.3, -0.25) is 9.78 Å². The molecule has 106 valence electrons. The number of hydrogen-bond donors (Lipinski definition) is 2. The SMILES string of the molecule is Cc1cc(NC(=O)c2ccncc2)ccc1C#CCCO. The van der Waals surface area contributed by atoms with Gasteiger partial charge in [-0.15, -0.1) is 0 Å². The Hall–Kier alpha value is -2.64. The highest BCUT2D eigenvalue weighted by Crippen LogP contribution is 2.15. The molecule has 0 atom stereocenters. The topological polar surface area (TPSA) is 62.2 Å². The standard InChI is InChI=1S/C17H16N2O2/c1-13-12-16(6-5-14(13)4-2-3-11-20)19-17(21)15-7-9-18-10-8-15/h5-10,12,20H,3,11H2,1H3,(H,19,21). The van der Waals surface area contributed by atoms with Gasteiger partial charge < -0.3 is 10.4 Å². The fraction of sp³-hybridized carbons (Fsp3) is 0.176. The molecule has 4 heteroatoms. The van der Waals surface area contributed by atoms with Gasteiger partial charge in [0.25, 0.3) is 5.91 Å². The zero-order valence-electron chi connectivity index (χ0n) is 11.8. The summed E-state index contributed by atoms with van der Waals surface area (Å²) in [6.07, 6.45) is 3.62. The number of amides is 1. The Kier molecular flexibility index (Phi) is 5.08. The number of anilines is 1. The zero-order valence-corrected chi connectivity index (χ0v) is 11.8. The van der Waals surface area contributed by atoms with Crippen LogP contribution in [-0.4, -0.2) is 22.6 Å². The van der Waals surface area contributed by atoms with E-state index >= 15 is 0 Å². The van der Waals surface area contributed by atoms with E-state index in [9.17, 15) is 4.79 Å².